The Kier molecular flexibility index (Phi) is 4.86. The Labute approximate surface area is 110 Å². The fourth-order valence-corrected chi connectivity index (χ4v) is 1.57. The highest BCUT2D eigenvalue weighted by Gasteiger charge is 2.21. The lowest BCUT2D eigenvalue weighted by atomic mass is 9.90. The summed E-state index contributed by atoms with van der Waals surface area (Å²) in [5.74, 6) is 0.151. The van der Waals surface area contributed by atoms with Gasteiger partial charge >= 0.3 is 5.69 Å². The minimum atomic E-state index is -0.509. The van der Waals surface area contributed by atoms with Gasteiger partial charge in [-0.05, 0) is 17.9 Å². The Balaban J connectivity index is 2.83. The number of aromatic nitrogens is 1. The summed E-state index contributed by atoms with van der Waals surface area (Å²) >= 11 is 5.72. The lowest BCUT2D eigenvalue weighted by Crippen LogP contribution is -2.25. The number of pyridine rings is 1. The minimum Gasteiger partial charge on any atom is -0.396 e. The normalized spacial score (nSPS) is 11.3. The van der Waals surface area contributed by atoms with Crippen molar-refractivity contribution in [3.05, 3.63) is 27.4 Å². The lowest BCUT2D eigenvalue weighted by Gasteiger charge is -2.24. The standard InChI is InChI=1S/C11H16ClN3O3/c1-11(2,5-6-16)7-13-10-8(15(17)18)3-4-9(12)14-10/h3-4,16H,5-7H2,1-2H3,(H,13,14). The number of nitrogens with zero attached hydrogens (tertiary/aromatic N) is 2. The Morgan fingerprint density at radius 3 is 2.78 bits per heavy atom. The summed E-state index contributed by atoms with van der Waals surface area (Å²) in [6, 6.07) is 2.69. The second-order valence-electron chi connectivity index (χ2n) is 4.75. The summed E-state index contributed by atoms with van der Waals surface area (Å²) in [7, 11) is 0. The molecule has 0 atom stereocenters. The van der Waals surface area contributed by atoms with Crippen LogP contribution in [-0.4, -0.2) is 28.2 Å². The molecule has 0 spiro atoms. The van der Waals surface area contributed by atoms with Gasteiger partial charge in [0, 0.05) is 19.2 Å². The van der Waals surface area contributed by atoms with Crippen LogP contribution in [-0.2, 0) is 0 Å². The molecule has 0 fully saturated rings. The van der Waals surface area contributed by atoms with Crippen molar-refractivity contribution >= 4 is 23.1 Å². The van der Waals surface area contributed by atoms with Crippen molar-refractivity contribution in [2.24, 2.45) is 5.41 Å². The van der Waals surface area contributed by atoms with Crippen molar-refractivity contribution in [1.82, 2.24) is 4.98 Å². The fourth-order valence-electron chi connectivity index (χ4n) is 1.42. The van der Waals surface area contributed by atoms with E-state index < -0.39 is 4.92 Å². The van der Waals surface area contributed by atoms with Crippen molar-refractivity contribution in [1.29, 1.82) is 0 Å². The van der Waals surface area contributed by atoms with Gasteiger partial charge in [-0.1, -0.05) is 25.4 Å². The van der Waals surface area contributed by atoms with Gasteiger partial charge in [-0.3, -0.25) is 10.1 Å². The van der Waals surface area contributed by atoms with Crippen LogP contribution >= 0.6 is 11.6 Å². The monoisotopic (exact) mass is 273 g/mol. The maximum absolute atomic E-state index is 10.8. The highest BCUT2D eigenvalue weighted by molar-refractivity contribution is 6.29. The van der Waals surface area contributed by atoms with E-state index in [0.29, 0.717) is 13.0 Å². The van der Waals surface area contributed by atoms with Crippen molar-refractivity contribution in [3.8, 4) is 0 Å². The van der Waals surface area contributed by atoms with E-state index in [2.05, 4.69) is 10.3 Å². The van der Waals surface area contributed by atoms with E-state index >= 15 is 0 Å². The van der Waals surface area contributed by atoms with Crippen LogP contribution in [0.5, 0.6) is 0 Å². The molecule has 0 radical (unpaired) electrons. The average molecular weight is 274 g/mol. The third-order valence-electron chi connectivity index (χ3n) is 2.56. The van der Waals surface area contributed by atoms with Crippen LogP contribution in [0.1, 0.15) is 20.3 Å². The van der Waals surface area contributed by atoms with Crippen molar-refractivity contribution in [2.75, 3.05) is 18.5 Å². The van der Waals surface area contributed by atoms with Crippen LogP contribution < -0.4 is 5.32 Å². The number of nitro groups is 1. The van der Waals surface area contributed by atoms with Crippen LogP contribution in [0.25, 0.3) is 0 Å². The van der Waals surface area contributed by atoms with Crippen molar-refractivity contribution in [3.63, 3.8) is 0 Å². The molecule has 0 saturated carbocycles. The molecule has 0 aliphatic rings. The zero-order valence-corrected chi connectivity index (χ0v) is 11.1. The molecule has 6 nitrogen and oxygen atoms in total. The van der Waals surface area contributed by atoms with Crippen LogP contribution in [0.4, 0.5) is 11.5 Å². The van der Waals surface area contributed by atoms with E-state index in [1.165, 1.54) is 12.1 Å². The van der Waals surface area contributed by atoms with Crippen LogP contribution in [0, 0.1) is 15.5 Å². The largest absolute Gasteiger partial charge is 0.396 e. The van der Waals surface area contributed by atoms with E-state index in [1.54, 1.807) is 0 Å². The van der Waals surface area contributed by atoms with Crippen LogP contribution in [0.2, 0.25) is 5.15 Å². The predicted octanol–water partition coefficient (Wildman–Crippen LogP) is 2.46. The van der Waals surface area contributed by atoms with Gasteiger partial charge in [0.25, 0.3) is 0 Å². The molecule has 18 heavy (non-hydrogen) atoms. The highest BCUT2D eigenvalue weighted by Crippen LogP contribution is 2.26. The van der Waals surface area contributed by atoms with Gasteiger partial charge in [0.15, 0.2) is 0 Å². The molecule has 100 valence electrons. The molecular weight excluding hydrogens is 258 g/mol. The molecule has 1 heterocycles. The fraction of sp³-hybridized carbons (Fsp3) is 0.545. The molecule has 1 aromatic rings. The summed E-state index contributed by atoms with van der Waals surface area (Å²) in [5.41, 5.74) is -0.300. The van der Waals surface area contributed by atoms with E-state index in [9.17, 15) is 10.1 Å². The molecule has 0 bridgehead atoms. The number of anilines is 1. The third-order valence-corrected chi connectivity index (χ3v) is 2.77. The smallest absolute Gasteiger partial charge is 0.311 e. The molecule has 0 amide bonds. The first kappa shape index (κ1) is 14.7. The number of halogens is 1. The molecule has 1 rings (SSSR count). The molecule has 0 aliphatic carbocycles. The Morgan fingerprint density at radius 1 is 1.56 bits per heavy atom. The number of hydrogen-bond acceptors (Lipinski definition) is 5. The number of hydrogen-bond donors (Lipinski definition) is 2. The summed E-state index contributed by atoms with van der Waals surface area (Å²) in [6.07, 6.45) is 0.592. The zero-order valence-electron chi connectivity index (χ0n) is 10.3. The third kappa shape index (κ3) is 4.12. The second kappa shape index (κ2) is 5.97. The van der Waals surface area contributed by atoms with Gasteiger partial charge in [-0.25, -0.2) is 4.98 Å². The van der Waals surface area contributed by atoms with Crippen molar-refractivity contribution in [2.45, 2.75) is 20.3 Å². The number of aliphatic hydroxyl groups is 1. The molecule has 2 N–H and O–H groups in total. The molecule has 7 heteroatoms. The minimum absolute atomic E-state index is 0.0692. The topological polar surface area (TPSA) is 88.3 Å². The van der Waals surface area contributed by atoms with E-state index in [-0.39, 0.29) is 28.7 Å². The number of nitrogens with one attached hydrogen (secondary N) is 1. The molecule has 1 aromatic heterocycles. The molecule has 0 saturated heterocycles. The highest BCUT2D eigenvalue weighted by atomic mass is 35.5. The van der Waals surface area contributed by atoms with Gasteiger partial charge in [-0.2, -0.15) is 0 Å². The first-order valence-electron chi connectivity index (χ1n) is 5.51. The SMILES string of the molecule is CC(C)(CCO)CNc1nc(Cl)ccc1[N+](=O)[O-]. The van der Waals surface area contributed by atoms with Crippen LogP contribution in [0.3, 0.4) is 0 Å². The first-order valence-corrected chi connectivity index (χ1v) is 5.89. The molecular formula is C11H16ClN3O3. The van der Waals surface area contributed by atoms with Gasteiger partial charge in [0.05, 0.1) is 4.92 Å². The Morgan fingerprint density at radius 2 is 2.22 bits per heavy atom. The molecule has 0 aromatic carbocycles. The second-order valence-corrected chi connectivity index (χ2v) is 5.14. The summed E-state index contributed by atoms with van der Waals surface area (Å²) in [5, 5.41) is 22.8. The molecule has 0 unspecified atom stereocenters. The average Bonchev–Trinajstić information content (AvgIpc) is 2.26. The van der Waals surface area contributed by atoms with Gasteiger partial charge in [-0.15, -0.1) is 0 Å². The number of rotatable bonds is 6. The Bertz CT molecular complexity index is 438. The van der Waals surface area contributed by atoms with Crippen LogP contribution in [0.15, 0.2) is 12.1 Å². The summed E-state index contributed by atoms with van der Waals surface area (Å²) < 4.78 is 0. The van der Waals surface area contributed by atoms with Gasteiger partial charge in [0.2, 0.25) is 5.82 Å². The zero-order chi connectivity index (χ0) is 13.8. The predicted molar refractivity (Wildman–Crippen MR) is 69.9 cm³/mol. The molecule has 0 aliphatic heterocycles. The van der Waals surface area contributed by atoms with E-state index in [0.717, 1.165) is 0 Å². The van der Waals surface area contributed by atoms with E-state index in [1.807, 2.05) is 13.8 Å². The lowest BCUT2D eigenvalue weighted by molar-refractivity contribution is -0.384. The number of aliphatic hydroxyl groups excluding tert-OH is 1. The van der Waals surface area contributed by atoms with Gasteiger partial charge < -0.3 is 10.4 Å². The first-order chi connectivity index (χ1) is 8.35. The van der Waals surface area contributed by atoms with Gasteiger partial charge in [0.1, 0.15) is 5.15 Å². The summed E-state index contributed by atoms with van der Waals surface area (Å²) in [4.78, 5) is 14.2. The summed E-state index contributed by atoms with van der Waals surface area (Å²) in [6.45, 7) is 4.43. The Hall–Kier alpha value is -1.40. The maximum Gasteiger partial charge on any atom is 0.311 e. The van der Waals surface area contributed by atoms with E-state index in [4.69, 9.17) is 16.7 Å². The quantitative estimate of drug-likeness (QED) is 0.472. The maximum atomic E-state index is 10.8. The van der Waals surface area contributed by atoms with Crippen molar-refractivity contribution < 1.29 is 10.0 Å².